The largest absolute Gasteiger partial charge is 0.493 e. The molecule has 2 saturated heterocycles. The van der Waals surface area contributed by atoms with Gasteiger partial charge < -0.3 is 40.5 Å². The Kier molecular flexibility index (Phi) is 29.7. The molecule has 456 valence electrons. The lowest BCUT2D eigenvalue weighted by Crippen LogP contribution is -2.50. The normalized spacial score (nSPS) is 17.9. The van der Waals surface area contributed by atoms with Crippen LogP contribution in [0.4, 0.5) is 0 Å². The number of carbonyl (C=O) groups excluding carboxylic acids is 2. The molecular formula is C60H95BrN6O12S2. The summed E-state index contributed by atoms with van der Waals surface area (Å²) < 4.78 is 65.0. The number of hydrogen-bond acceptors (Lipinski definition) is 14. The number of carbonyl (C=O) groups is 2. The van der Waals surface area contributed by atoms with Crippen molar-refractivity contribution in [2.45, 2.75) is 206 Å². The molecule has 2 amide bonds. The van der Waals surface area contributed by atoms with Gasteiger partial charge in [-0.25, -0.2) is 16.8 Å². The number of piperidine rings is 2. The van der Waals surface area contributed by atoms with Crippen molar-refractivity contribution in [3.63, 3.8) is 0 Å². The molecule has 81 heavy (non-hydrogen) atoms. The molecule has 4 aliphatic heterocycles. The van der Waals surface area contributed by atoms with Crippen LogP contribution in [-0.4, -0.2) is 145 Å². The highest BCUT2D eigenvalue weighted by atomic mass is 79.9. The summed E-state index contributed by atoms with van der Waals surface area (Å²) in [6, 6.07) is 7.55. The molecular weight excluding hydrogens is 1140 g/mol. The second kappa shape index (κ2) is 34.7. The third kappa shape index (κ3) is 22.1. The first-order valence-electron chi connectivity index (χ1n) is 29.4. The second-order valence-corrected chi connectivity index (χ2v) is 26.5. The van der Waals surface area contributed by atoms with Crippen LogP contribution in [0, 0.1) is 27.7 Å². The van der Waals surface area contributed by atoms with Gasteiger partial charge in [0.25, 0.3) is 11.8 Å². The number of amides is 2. The Morgan fingerprint density at radius 2 is 0.975 bits per heavy atom. The highest BCUT2D eigenvalue weighted by Gasteiger charge is 2.48. The molecule has 0 bridgehead atoms. The lowest BCUT2D eigenvalue weighted by molar-refractivity contribution is -0.125. The third-order valence-electron chi connectivity index (χ3n) is 15.4. The molecule has 4 aliphatic rings. The van der Waals surface area contributed by atoms with Crippen LogP contribution in [0.3, 0.4) is 0 Å². The zero-order chi connectivity index (χ0) is 59.6. The van der Waals surface area contributed by atoms with Gasteiger partial charge in [0.05, 0.1) is 38.6 Å². The predicted octanol–water partition coefficient (Wildman–Crippen LogP) is 9.38. The van der Waals surface area contributed by atoms with Crippen LogP contribution in [0.1, 0.15) is 183 Å². The van der Waals surface area contributed by atoms with Crippen LogP contribution >= 0.6 is 15.9 Å². The van der Waals surface area contributed by atoms with Crippen LogP contribution in [0.25, 0.3) is 6.08 Å². The van der Waals surface area contributed by atoms with E-state index in [4.69, 9.17) is 29.8 Å². The lowest BCUT2D eigenvalue weighted by atomic mass is 9.89. The average molecular weight is 1240 g/mol. The summed E-state index contributed by atoms with van der Waals surface area (Å²) in [7, 11) is -7.08. The van der Waals surface area contributed by atoms with Gasteiger partial charge in [-0.1, -0.05) is 113 Å². The Bertz CT molecular complexity index is 2600. The van der Waals surface area contributed by atoms with Gasteiger partial charge in [0.15, 0.2) is 0 Å². The number of aliphatic imine (C=N–C) groups is 2. The molecule has 2 spiro atoms. The van der Waals surface area contributed by atoms with Crippen LogP contribution in [-0.2, 0) is 29.6 Å². The number of nitrogens with one attached hydrogen (secondary N) is 2. The van der Waals surface area contributed by atoms with Gasteiger partial charge >= 0.3 is 0 Å². The van der Waals surface area contributed by atoms with Crippen molar-refractivity contribution >= 4 is 65.5 Å². The minimum atomic E-state index is -3.67. The van der Waals surface area contributed by atoms with E-state index >= 15 is 0 Å². The Hall–Kier alpha value is -4.06. The number of aliphatic hydroxyl groups excluding tert-OH is 4. The smallest absolute Gasteiger partial charge is 0.253 e. The van der Waals surface area contributed by atoms with Crippen LogP contribution in [0.2, 0.25) is 0 Å². The van der Waals surface area contributed by atoms with Crippen molar-refractivity contribution < 1.29 is 56.3 Å². The summed E-state index contributed by atoms with van der Waals surface area (Å²) in [5.74, 6) is 2.78. The standard InChI is InChI=1S/C30H47N3O6S.C18H31N3O3S.C12H17BrO3/c1-4-5-6-7-8-9-10-11-28-31-29(36)30(32-28)14-16-33(17-15-30)40(37,38)19-13-27-23(2)20-26(21-24(27)3)39-18-12-25(35)22-34;1-3-5-6-7-8-9-10-11-16-19-17(22)18(20-16)12-14-21(15-13-18)25(23,24)4-2;1-8-5-11(6-9(2)12(8)13)16-4-3-10(15)7-14/h13,19-21,25,34-35H,4-12,14-18,22H2,1-3H3,(H,31,32,36);4H,2-3,5-15H2,1H3,(H,19,20,22);5-6,10,14-15H,3-4,7H2,1-2H3/b19-13+;;. The van der Waals surface area contributed by atoms with E-state index in [1.54, 1.807) is 6.08 Å². The fourth-order valence-electron chi connectivity index (χ4n) is 10.2. The third-order valence-corrected chi connectivity index (χ3v) is 19.7. The molecule has 2 unspecified atom stereocenters. The topological polar surface area (TPSA) is 257 Å². The Labute approximate surface area is 492 Å². The zero-order valence-corrected chi connectivity index (χ0v) is 52.4. The molecule has 0 aromatic heterocycles. The zero-order valence-electron chi connectivity index (χ0n) is 49.2. The molecule has 2 aromatic rings. The van der Waals surface area contributed by atoms with Gasteiger partial charge in [0.1, 0.15) is 34.2 Å². The van der Waals surface area contributed by atoms with Crippen LogP contribution in [0.5, 0.6) is 11.5 Å². The van der Waals surface area contributed by atoms with E-state index in [2.05, 4.69) is 52.0 Å². The van der Waals surface area contributed by atoms with Crippen molar-refractivity contribution in [2.24, 2.45) is 9.98 Å². The minimum Gasteiger partial charge on any atom is -0.493 e. The Morgan fingerprint density at radius 1 is 0.617 bits per heavy atom. The van der Waals surface area contributed by atoms with Crippen molar-refractivity contribution in [3.05, 3.63) is 74.0 Å². The number of ether oxygens (including phenoxy) is 2. The SMILES string of the molecule is C=CS(=O)(=O)N1CCC2(CC1)N=C(CCCCCCCCC)NC2=O.CCCCCCCCCC1=NC2(CCN(S(=O)(=O)/C=C/c3c(C)cc(OCCC(O)CO)cc3C)CC2)C(=O)N1.Cc1cc(OCCC(O)CO)cc(C)c1Br. The van der Waals surface area contributed by atoms with Gasteiger partial charge in [-0.15, -0.1) is 0 Å². The molecule has 18 nitrogen and oxygen atoms in total. The second-order valence-electron chi connectivity index (χ2n) is 22.0. The minimum absolute atomic E-state index is 0.0684. The number of unbranched alkanes of at least 4 members (excludes halogenated alkanes) is 12. The summed E-state index contributed by atoms with van der Waals surface area (Å²) in [6.45, 7) is 16.8. The number of halogens is 1. The summed E-state index contributed by atoms with van der Waals surface area (Å²) in [5.41, 5.74) is 3.18. The summed E-state index contributed by atoms with van der Waals surface area (Å²) >= 11 is 3.49. The van der Waals surface area contributed by atoms with Gasteiger partial charge in [-0.2, -0.15) is 8.61 Å². The molecule has 0 radical (unpaired) electrons. The van der Waals surface area contributed by atoms with Gasteiger partial charge in [0.2, 0.25) is 20.0 Å². The van der Waals surface area contributed by atoms with E-state index in [-0.39, 0.29) is 44.7 Å². The van der Waals surface area contributed by atoms with E-state index in [9.17, 15) is 31.5 Å². The van der Waals surface area contributed by atoms with Crippen molar-refractivity contribution in [1.29, 1.82) is 0 Å². The monoisotopic (exact) mass is 1230 g/mol. The van der Waals surface area contributed by atoms with E-state index in [0.717, 1.165) is 93.6 Å². The number of sulfonamides is 2. The number of aryl methyl sites for hydroxylation is 4. The summed E-state index contributed by atoms with van der Waals surface area (Å²) in [6.07, 6.45) is 21.1. The summed E-state index contributed by atoms with van der Waals surface area (Å²) in [4.78, 5) is 34.6. The lowest BCUT2D eigenvalue weighted by Gasteiger charge is -2.34. The van der Waals surface area contributed by atoms with Crippen LogP contribution < -0.4 is 20.1 Å². The Morgan fingerprint density at radius 3 is 1.35 bits per heavy atom. The molecule has 0 saturated carbocycles. The first-order chi connectivity index (χ1) is 38.6. The van der Waals surface area contributed by atoms with E-state index in [0.29, 0.717) is 64.0 Å². The number of benzene rings is 2. The molecule has 0 aliphatic carbocycles. The van der Waals surface area contributed by atoms with Gasteiger partial charge in [-0.3, -0.25) is 19.6 Å². The maximum Gasteiger partial charge on any atom is 0.253 e. The predicted molar refractivity (Wildman–Crippen MR) is 326 cm³/mol. The van der Waals surface area contributed by atoms with E-state index in [1.807, 2.05) is 52.0 Å². The first kappa shape index (κ1) is 69.4. The molecule has 6 N–H and O–H groups in total. The highest BCUT2D eigenvalue weighted by molar-refractivity contribution is 9.10. The van der Waals surface area contributed by atoms with Gasteiger partial charge in [-0.05, 0) is 124 Å². The molecule has 21 heteroatoms. The highest BCUT2D eigenvalue weighted by Crippen LogP contribution is 2.34. The molecule has 2 atom stereocenters. The number of rotatable bonds is 31. The van der Waals surface area contributed by atoms with Crippen molar-refractivity contribution in [1.82, 2.24) is 19.2 Å². The summed E-state index contributed by atoms with van der Waals surface area (Å²) in [5, 5.41) is 44.3. The quantitative estimate of drug-likeness (QED) is 0.0386. The fourth-order valence-corrected chi connectivity index (χ4v) is 12.5. The van der Waals surface area contributed by atoms with Crippen LogP contribution in [0.15, 0.2) is 56.1 Å². The van der Waals surface area contributed by atoms with Gasteiger partial charge in [0, 0.05) is 67.2 Å². The molecule has 2 fully saturated rings. The van der Waals surface area contributed by atoms with E-state index in [1.165, 1.54) is 78.2 Å². The maximum absolute atomic E-state index is 13.1. The number of hydrogen-bond donors (Lipinski definition) is 6. The maximum atomic E-state index is 13.1. The first-order valence-corrected chi connectivity index (χ1v) is 33.2. The van der Waals surface area contributed by atoms with E-state index < -0.39 is 43.3 Å². The molecule has 2 aromatic carbocycles. The van der Waals surface area contributed by atoms with Crippen molar-refractivity contribution in [2.75, 3.05) is 52.6 Å². The number of aliphatic hydroxyl groups is 4. The number of nitrogens with zero attached hydrogens (tertiary/aromatic N) is 4. The van der Waals surface area contributed by atoms with Crippen molar-refractivity contribution in [3.8, 4) is 11.5 Å². The fraction of sp³-hybridized carbons (Fsp3) is 0.667. The molecule has 6 rings (SSSR count). The Balaban J connectivity index is 0.000000291. The number of amidine groups is 2. The average Bonchev–Trinajstić information content (AvgIpc) is 4.11. The molecule has 4 heterocycles.